The van der Waals surface area contributed by atoms with Gasteiger partial charge in [-0.3, -0.25) is 0 Å². The predicted molar refractivity (Wildman–Crippen MR) is 224 cm³/mol. The maximum atomic E-state index is 10.8. The van der Waals surface area contributed by atoms with Crippen LogP contribution in [0.5, 0.6) is 0 Å². The number of benzene rings is 7. The third-order valence-corrected chi connectivity index (χ3v) is 11.7. The van der Waals surface area contributed by atoms with Crippen molar-refractivity contribution in [2.45, 2.75) is 0 Å². The molecule has 4 aromatic heterocycles. The Hall–Kier alpha value is -7.58. The maximum Gasteiger partial charge on any atom is 0.211 e. The monoisotopic (exact) mass is 719 g/mol. The highest BCUT2D eigenvalue weighted by atomic mass is 32.1. The topological polar surface area (TPSA) is 72.0 Å². The number of nitrogens with zero attached hydrogens (tertiary/aromatic N) is 5. The zero-order valence-electron chi connectivity index (χ0n) is 29.0. The molecule has 0 spiro atoms. The largest absolute Gasteiger partial charge is 0.456 e. The van der Waals surface area contributed by atoms with Crippen molar-refractivity contribution in [1.82, 2.24) is 14.5 Å². The summed E-state index contributed by atoms with van der Waals surface area (Å²) in [5.41, 5.74) is 8.46. The molecule has 7 heteroatoms. The van der Waals surface area contributed by atoms with Crippen LogP contribution >= 0.6 is 11.3 Å². The van der Waals surface area contributed by atoms with Gasteiger partial charge in [0, 0.05) is 58.9 Å². The number of rotatable bonds is 4. The Balaban J connectivity index is 1.15. The highest BCUT2D eigenvalue weighted by Gasteiger charge is 2.23. The summed E-state index contributed by atoms with van der Waals surface area (Å²) in [7, 11) is 0. The van der Waals surface area contributed by atoms with Gasteiger partial charge in [-0.15, -0.1) is 11.3 Å². The van der Waals surface area contributed by atoms with Crippen molar-refractivity contribution in [2.75, 3.05) is 0 Å². The number of thiophene rings is 1. The van der Waals surface area contributed by atoms with Crippen molar-refractivity contribution in [1.29, 1.82) is 5.26 Å². The molecule has 0 saturated heterocycles. The smallest absolute Gasteiger partial charge is 0.211 e. The SMILES string of the molecule is [C-]#[N+]c1cc(-c2nc(-c3cccc4c3sc3ccccc34)nc(-c3ccccc3)c2C#N)ccc1-n1c2ccccc2c2cc3c(cc21)oc1ccccc13. The number of nitriles is 1. The van der Waals surface area contributed by atoms with Crippen molar-refractivity contribution in [3.8, 4) is 45.7 Å². The first kappa shape index (κ1) is 31.0. The molecule has 254 valence electrons. The minimum absolute atomic E-state index is 0.353. The first-order chi connectivity index (χ1) is 27.2. The molecule has 0 saturated carbocycles. The van der Waals surface area contributed by atoms with E-state index in [1.807, 2.05) is 91.0 Å². The van der Waals surface area contributed by atoms with Crippen LogP contribution in [0, 0.1) is 17.9 Å². The molecular weight excluding hydrogens is 695 g/mol. The fraction of sp³-hybridized carbons (Fsp3) is 0. The molecule has 0 atom stereocenters. The summed E-state index contributed by atoms with van der Waals surface area (Å²) in [6, 6.07) is 53.2. The first-order valence-corrected chi connectivity index (χ1v) is 18.6. The lowest BCUT2D eigenvalue weighted by atomic mass is 9.99. The van der Waals surface area contributed by atoms with Crippen LogP contribution in [0.3, 0.4) is 0 Å². The Morgan fingerprint density at radius 1 is 0.600 bits per heavy atom. The minimum atomic E-state index is 0.353. The molecule has 11 rings (SSSR count). The standard InChI is InChI=1S/C48H25N5OS/c1-50-38-24-29(22-23-40(38)53-39-19-8-5-14-30(39)35-25-36-31-15-6-9-20-42(31)54-43(36)26-41(35)53)46-37(27-49)45(28-12-3-2-4-13-28)51-48(52-46)34-18-11-17-33-32-16-7-10-21-44(32)55-47(33)34/h2-26H. The normalized spacial score (nSPS) is 11.6. The second-order valence-corrected chi connectivity index (χ2v) is 14.6. The number of fused-ring (bicyclic) bond motifs is 9. The number of hydrogen-bond donors (Lipinski definition) is 0. The van der Waals surface area contributed by atoms with Crippen LogP contribution in [0.4, 0.5) is 5.69 Å². The van der Waals surface area contributed by atoms with Gasteiger partial charge in [0.1, 0.15) is 22.8 Å². The van der Waals surface area contributed by atoms with Gasteiger partial charge in [-0.05, 0) is 48.0 Å². The van der Waals surface area contributed by atoms with Gasteiger partial charge in [0.2, 0.25) is 5.69 Å². The fourth-order valence-electron chi connectivity index (χ4n) is 8.02. The Labute approximate surface area is 318 Å². The third kappa shape index (κ3) is 4.65. The van der Waals surface area contributed by atoms with Gasteiger partial charge in [0.25, 0.3) is 0 Å². The van der Waals surface area contributed by atoms with Crippen LogP contribution in [0.1, 0.15) is 5.56 Å². The Bertz CT molecular complexity index is 3470. The van der Waals surface area contributed by atoms with Gasteiger partial charge in [-0.1, -0.05) is 103 Å². The molecule has 0 radical (unpaired) electrons. The molecule has 0 N–H and O–H groups in total. The molecule has 7 aromatic carbocycles. The zero-order chi connectivity index (χ0) is 36.6. The number of aromatic nitrogens is 3. The summed E-state index contributed by atoms with van der Waals surface area (Å²) >= 11 is 1.71. The Morgan fingerprint density at radius 2 is 1.33 bits per heavy atom. The fourth-order valence-corrected chi connectivity index (χ4v) is 9.23. The molecule has 0 fully saturated rings. The van der Waals surface area contributed by atoms with E-state index in [0.29, 0.717) is 34.0 Å². The third-order valence-electron chi connectivity index (χ3n) is 10.5. The summed E-state index contributed by atoms with van der Waals surface area (Å²) in [4.78, 5) is 14.4. The van der Waals surface area contributed by atoms with E-state index in [1.54, 1.807) is 11.3 Å². The van der Waals surface area contributed by atoms with E-state index in [2.05, 4.69) is 76.1 Å². The van der Waals surface area contributed by atoms with Crippen LogP contribution in [-0.2, 0) is 0 Å². The Kier molecular flexibility index (Phi) is 6.75. The lowest BCUT2D eigenvalue weighted by Gasteiger charge is -2.15. The molecule has 0 aliphatic rings. The minimum Gasteiger partial charge on any atom is -0.456 e. The van der Waals surface area contributed by atoms with E-state index < -0.39 is 0 Å². The number of furan rings is 1. The molecule has 55 heavy (non-hydrogen) atoms. The van der Waals surface area contributed by atoms with Crippen molar-refractivity contribution >= 4 is 80.9 Å². The van der Waals surface area contributed by atoms with Crippen molar-refractivity contribution < 1.29 is 4.42 Å². The lowest BCUT2D eigenvalue weighted by molar-refractivity contribution is 0.669. The second-order valence-electron chi connectivity index (χ2n) is 13.5. The van der Waals surface area contributed by atoms with Crippen LogP contribution < -0.4 is 0 Å². The highest BCUT2D eigenvalue weighted by molar-refractivity contribution is 7.26. The van der Waals surface area contributed by atoms with Crippen molar-refractivity contribution in [2.24, 2.45) is 0 Å². The average molecular weight is 720 g/mol. The first-order valence-electron chi connectivity index (χ1n) is 17.8. The van der Waals surface area contributed by atoms with Gasteiger partial charge >= 0.3 is 0 Å². The lowest BCUT2D eigenvalue weighted by Crippen LogP contribution is -2.01. The zero-order valence-corrected chi connectivity index (χ0v) is 29.8. The van der Waals surface area contributed by atoms with Crippen LogP contribution in [0.2, 0.25) is 0 Å². The summed E-state index contributed by atoms with van der Waals surface area (Å²) in [5.74, 6) is 0.524. The highest BCUT2D eigenvalue weighted by Crippen LogP contribution is 2.43. The molecule has 0 bridgehead atoms. The van der Waals surface area contributed by atoms with E-state index in [0.717, 1.165) is 70.6 Å². The van der Waals surface area contributed by atoms with Gasteiger partial charge in [-0.25, -0.2) is 14.8 Å². The predicted octanol–water partition coefficient (Wildman–Crippen LogP) is 13.3. The van der Waals surface area contributed by atoms with Gasteiger partial charge < -0.3 is 8.98 Å². The molecule has 11 aromatic rings. The van der Waals surface area contributed by atoms with Crippen LogP contribution in [0.15, 0.2) is 156 Å². The van der Waals surface area contributed by atoms with E-state index in [4.69, 9.17) is 21.0 Å². The van der Waals surface area contributed by atoms with Crippen LogP contribution in [0.25, 0.3) is 108 Å². The molecule has 0 unspecified atom stereocenters. The number of hydrogen-bond acceptors (Lipinski definition) is 5. The second kappa shape index (κ2) is 12.0. The molecule has 0 aliphatic carbocycles. The molecule has 0 aliphatic heterocycles. The molecule has 6 nitrogen and oxygen atoms in total. The van der Waals surface area contributed by atoms with Gasteiger partial charge in [0.15, 0.2) is 5.82 Å². The Morgan fingerprint density at radius 3 is 2.16 bits per heavy atom. The summed E-state index contributed by atoms with van der Waals surface area (Å²) in [5, 5.41) is 17.4. The van der Waals surface area contributed by atoms with Crippen molar-refractivity contribution in [3.63, 3.8) is 0 Å². The number of para-hydroxylation sites is 2. The molecular formula is C48H25N5OS. The van der Waals surface area contributed by atoms with E-state index in [1.165, 1.54) is 10.1 Å². The summed E-state index contributed by atoms with van der Waals surface area (Å²) in [6.07, 6.45) is 0. The maximum absolute atomic E-state index is 10.8. The van der Waals surface area contributed by atoms with E-state index in [9.17, 15) is 5.26 Å². The average Bonchev–Trinajstić information content (AvgIpc) is 3.91. The van der Waals surface area contributed by atoms with Gasteiger partial charge in [-0.2, -0.15) is 5.26 Å². The van der Waals surface area contributed by atoms with Crippen molar-refractivity contribution in [3.05, 3.63) is 169 Å². The summed E-state index contributed by atoms with van der Waals surface area (Å²) in [6.45, 7) is 8.46. The molecule has 0 amide bonds. The quantitative estimate of drug-likeness (QED) is 0.170. The van der Waals surface area contributed by atoms with Crippen LogP contribution in [-0.4, -0.2) is 14.5 Å². The molecule has 4 heterocycles. The van der Waals surface area contributed by atoms with Gasteiger partial charge in [0.05, 0.1) is 34.7 Å². The summed E-state index contributed by atoms with van der Waals surface area (Å²) < 4.78 is 10.7. The van der Waals surface area contributed by atoms with E-state index >= 15 is 0 Å². The van der Waals surface area contributed by atoms with E-state index in [-0.39, 0.29) is 0 Å².